The molecule has 3 N–H and O–H groups in total. The van der Waals surface area contributed by atoms with Gasteiger partial charge in [0.15, 0.2) is 11.6 Å². The van der Waals surface area contributed by atoms with E-state index in [0.717, 1.165) is 11.1 Å². The number of halogens is 1. The fourth-order valence-corrected chi connectivity index (χ4v) is 7.16. The van der Waals surface area contributed by atoms with Crippen LogP contribution >= 0.6 is 0 Å². The van der Waals surface area contributed by atoms with Crippen molar-refractivity contribution in [2.75, 3.05) is 0 Å². The average Bonchev–Trinajstić information content (AvgIpc) is 2.79. The Morgan fingerprint density at radius 1 is 1.06 bits per heavy atom. The van der Waals surface area contributed by atoms with Crippen LogP contribution in [0.1, 0.15) is 81.3 Å². The lowest BCUT2D eigenvalue weighted by Crippen LogP contribution is -2.44. The Labute approximate surface area is 204 Å². The van der Waals surface area contributed by atoms with Crippen molar-refractivity contribution in [1.82, 2.24) is 0 Å². The highest BCUT2D eigenvalue weighted by atomic mass is 28.4. The third kappa shape index (κ3) is 3.61. The number of aliphatic hydroxyl groups excluding tert-OH is 2. The topological polar surface area (TPSA) is 104 Å². The van der Waals surface area contributed by atoms with E-state index in [1.807, 2.05) is 13.0 Å². The molecule has 0 aromatic heterocycles. The molecule has 1 fully saturated rings. The van der Waals surface area contributed by atoms with E-state index < -0.39 is 43.6 Å². The summed E-state index contributed by atoms with van der Waals surface area (Å²) in [4.78, 5) is 27.2. The summed E-state index contributed by atoms with van der Waals surface area (Å²) in [6.45, 7) is 7.05. The molecule has 2 aromatic rings. The Morgan fingerprint density at radius 3 is 2.34 bits per heavy atom. The molecule has 5 atom stereocenters. The predicted octanol–water partition coefficient (Wildman–Crippen LogP) is 4.16. The van der Waals surface area contributed by atoms with Crippen molar-refractivity contribution in [2.45, 2.75) is 82.1 Å². The van der Waals surface area contributed by atoms with Crippen molar-refractivity contribution in [2.24, 2.45) is 0 Å². The number of phenolic OH excluding ortho intramolecular Hbond substituents is 1. The molecule has 5 rings (SSSR count). The van der Waals surface area contributed by atoms with Gasteiger partial charge in [0.1, 0.15) is 11.9 Å². The third-order valence-electron chi connectivity index (χ3n) is 8.56. The van der Waals surface area contributed by atoms with Gasteiger partial charge in [-0.25, -0.2) is 0 Å². The molecule has 0 amide bonds. The molecular formula is C27H31FO6Si. The van der Waals surface area contributed by atoms with Crippen LogP contribution in [0.25, 0.3) is 0 Å². The number of ether oxygens (including phenoxy) is 1. The monoisotopic (exact) mass is 498 g/mol. The number of carbonyl (C=O) groups excluding carboxylic acids is 2. The molecule has 0 radical (unpaired) electrons. The van der Waals surface area contributed by atoms with Crippen molar-refractivity contribution in [3.05, 3.63) is 63.2 Å². The van der Waals surface area contributed by atoms with Gasteiger partial charge in [0.05, 0.1) is 23.9 Å². The largest absolute Gasteiger partial charge is 0.507 e. The highest BCUT2D eigenvalue weighted by Crippen LogP contribution is 2.51. The molecule has 186 valence electrons. The lowest BCUT2D eigenvalue weighted by atomic mass is 9.74. The fraction of sp³-hybridized carbons (Fsp3) is 0.481. The summed E-state index contributed by atoms with van der Waals surface area (Å²) < 4.78 is 20.9. The average molecular weight is 499 g/mol. The molecule has 2 aromatic carbocycles. The number of fused-ring (bicyclic) bond motifs is 4. The van der Waals surface area contributed by atoms with E-state index in [2.05, 4.69) is 0 Å². The van der Waals surface area contributed by atoms with E-state index in [1.165, 1.54) is 6.07 Å². The molecule has 8 heteroatoms. The molecule has 0 bridgehead atoms. The molecule has 6 nitrogen and oxygen atoms in total. The number of aliphatic hydroxyl groups is 2. The highest BCUT2D eigenvalue weighted by molar-refractivity contribution is 6.73. The Morgan fingerprint density at radius 2 is 1.69 bits per heavy atom. The molecule has 1 saturated heterocycles. The first kappa shape index (κ1) is 24.3. The maximum Gasteiger partial charge on any atom is 0.247 e. The third-order valence-corrected chi connectivity index (χ3v) is 11.9. The Hall–Kier alpha value is -2.39. The molecule has 1 aliphatic heterocycles. The number of hydrogen-bond acceptors (Lipinski definition) is 6. The first-order valence-corrected chi connectivity index (χ1v) is 15.0. The molecular weight excluding hydrogens is 467 g/mol. The van der Waals surface area contributed by atoms with Crippen LogP contribution in [0, 0.1) is 0 Å². The van der Waals surface area contributed by atoms with Gasteiger partial charge in [0, 0.05) is 28.7 Å². The summed E-state index contributed by atoms with van der Waals surface area (Å²) in [7, 11) is -2.95. The lowest BCUT2D eigenvalue weighted by molar-refractivity contribution is -0.163. The van der Waals surface area contributed by atoms with Crippen LogP contribution in [-0.4, -0.2) is 53.6 Å². The van der Waals surface area contributed by atoms with E-state index in [0.29, 0.717) is 30.4 Å². The van der Waals surface area contributed by atoms with Gasteiger partial charge in [-0.1, -0.05) is 19.1 Å². The minimum absolute atomic E-state index is 0.0527. The van der Waals surface area contributed by atoms with Gasteiger partial charge in [0.2, 0.25) is 8.41 Å². The first-order chi connectivity index (χ1) is 16.3. The quantitative estimate of drug-likeness (QED) is 0.362. The molecule has 1 heterocycles. The van der Waals surface area contributed by atoms with E-state index in [1.54, 1.807) is 32.2 Å². The van der Waals surface area contributed by atoms with E-state index in [-0.39, 0.29) is 34.6 Å². The first-order valence-electron chi connectivity index (χ1n) is 12.1. The highest BCUT2D eigenvalue weighted by Gasteiger charge is 2.48. The molecule has 3 aliphatic rings. The van der Waals surface area contributed by atoms with E-state index >= 15 is 4.11 Å². The number of phenols is 1. The summed E-state index contributed by atoms with van der Waals surface area (Å²) in [6.07, 6.45) is -1.73. The number of carbonyl (C=O) groups is 2. The smallest absolute Gasteiger partial charge is 0.247 e. The van der Waals surface area contributed by atoms with Crippen LogP contribution in [0.4, 0.5) is 4.11 Å². The number of ketones is 2. The van der Waals surface area contributed by atoms with Gasteiger partial charge >= 0.3 is 0 Å². The summed E-state index contributed by atoms with van der Waals surface area (Å²) in [6, 6.07) is 6.53. The molecule has 0 spiro atoms. The van der Waals surface area contributed by atoms with Crippen LogP contribution in [0.5, 0.6) is 5.75 Å². The lowest BCUT2D eigenvalue weighted by Gasteiger charge is -2.41. The van der Waals surface area contributed by atoms with Gasteiger partial charge in [-0.2, -0.15) is 0 Å². The Bertz CT molecular complexity index is 1240. The van der Waals surface area contributed by atoms with Gasteiger partial charge in [-0.05, 0) is 67.6 Å². The van der Waals surface area contributed by atoms with Gasteiger partial charge in [-0.15, -0.1) is 0 Å². The second-order valence-electron chi connectivity index (χ2n) is 11.0. The number of benzene rings is 2. The summed E-state index contributed by atoms with van der Waals surface area (Å²) in [5.41, 5.74) is 2.72. The van der Waals surface area contributed by atoms with Crippen molar-refractivity contribution < 1.29 is 33.8 Å². The molecule has 2 aliphatic carbocycles. The van der Waals surface area contributed by atoms with E-state index in [9.17, 15) is 24.9 Å². The minimum Gasteiger partial charge on any atom is -0.507 e. The van der Waals surface area contributed by atoms with Crippen LogP contribution < -0.4 is 0 Å². The second kappa shape index (κ2) is 8.06. The SMILES string of the molecule is CC1OC(c2ccc3c(c2O)C(=O)c2ccc4c(c2C3=O)CCC(C)([Si](C)(C)F)C4)CC(O)C1O. The summed E-state index contributed by atoms with van der Waals surface area (Å²) >= 11 is 0. The van der Waals surface area contributed by atoms with Gasteiger partial charge < -0.3 is 24.2 Å². The normalized spacial score (nSPS) is 30.5. The number of hydrogen-bond donors (Lipinski definition) is 3. The zero-order valence-electron chi connectivity index (χ0n) is 20.4. The predicted molar refractivity (Wildman–Crippen MR) is 130 cm³/mol. The van der Waals surface area contributed by atoms with Crippen molar-refractivity contribution in [3.63, 3.8) is 0 Å². The molecule has 5 unspecified atom stereocenters. The number of aromatic hydroxyl groups is 1. The molecule has 0 saturated carbocycles. The summed E-state index contributed by atoms with van der Waals surface area (Å²) in [5, 5.41) is 30.8. The zero-order valence-corrected chi connectivity index (χ0v) is 21.4. The van der Waals surface area contributed by atoms with E-state index in [4.69, 9.17) is 4.74 Å². The van der Waals surface area contributed by atoms with Gasteiger partial charge in [0.25, 0.3) is 0 Å². The van der Waals surface area contributed by atoms with Crippen molar-refractivity contribution >= 4 is 20.0 Å². The number of rotatable bonds is 2. The Kier molecular flexibility index (Phi) is 5.60. The van der Waals surface area contributed by atoms with Crippen LogP contribution in [-0.2, 0) is 17.6 Å². The fourth-order valence-electron chi connectivity index (χ4n) is 5.83. The minimum atomic E-state index is -2.95. The maximum absolute atomic E-state index is 15.1. The van der Waals surface area contributed by atoms with Crippen LogP contribution in [0.15, 0.2) is 24.3 Å². The Balaban J connectivity index is 1.56. The van der Waals surface area contributed by atoms with Crippen LogP contribution in [0.3, 0.4) is 0 Å². The standard InChI is InChI=1S/C27H31FO6Si/c1-13-23(30)19(29)11-20(34-13)16-7-8-18-22(24(16)31)26(33)17-6-5-14-12-27(2,35(3,4)28)10-9-15(14)21(17)25(18)32/h5-8,13,19-20,23,29-31H,9-12H2,1-4H3. The van der Waals surface area contributed by atoms with Gasteiger partial charge in [-0.3, -0.25) is 9.59 Å². The maximum atomic E-state index is 15.1. The van der Waals surface area contributed by atoms with Crippen molar-refractivity contribution in [1.29, 1.82) is 0 Å². The van der Waals surface area contributed by atoms with Crippen LogP contribution in [0.2, 0.25) is 18.1 Å². The summed E-state index contributed by atoms with van der Waals surface area (Å²) in [5.74, 6) is -1.08. The second-order valence-corrected chi connectivity index (χ2v) is 15.2. The van der Waals surface area contributed by atoms with Crippen molar-refractivity contribution in [3.8, 4) is 5.75 Å². The zero-order chi connectivity index (χ0) is 25.4. The molecule has 35 heavy (non-hydrogen) atoms.